The molecule has 0 rings (SSSR count). The maximum absolute atomic E-state index is 5.67. The third kappa shape index (κ3) is 7.93. The smallest absolute Gasteiger partial charge is 0.324 e. The molecule has 0 bridgehead atoms. The van der Waals surface area contributed by atoms with Crippen LogP contribution in [0.3, 0.4) is 0 Å². The van der Waals surface area contributed by atoms with Crippen molar-refractivity contribution in [2.45, 2.75) is 32.7 Å². The molecular weight excluding hydrogens is 208 g/mol. The standard InChI is InChI=1S/C10H26N2O2Si/c1-4-13-15(14-5-2)10(3)6-8-12-9-7-11/h10,12,15H,4-9,11H2,1-3H3. The van der Waals surface area contributed by atoms with Gasteiger partial charge in [-0.05, 0) is 32.4 Å². The minimum absolute atomic E-state index is 0.551. The van der Waals surface area contributed by atoms with E-state index in [2.05, 4.69) is 12.2 Å². The molecule has 3 N–H and O–H groups in total. The van der Waals surface area contributed by atoms with Gasteiger partial charge in [-0.3, -0.25) is 0 Å². The van der Waals surface area contributed by atoms with Gasteiger partial charge in [0, 0.05) is 26.3 Å². The second-order valence-electron chi connectivity index (χ2n) is 3.58. The van der Waals surface area contributed by atoms with Crippen LogP contribution in [0.15, 0.2) is 0 Å². The zero-order valence-electron chi connectivity index (χ0n) is 10.3. The van der Waals surface area contributed by atoms with Crippen molar-refractivity contribution in [2.24, 2.45) is 5.73 Å². The molecule has 92 valence electrons. The van der Waals surface area contributed by atoms with Crippen molar-refractivity contribution in [3.8, 4) is 0 Å². The molecule has 0 amide bonds. The number of nitrogens with one attached hydrogen (secondary N) is 1. The lowest BCUT2D eigenvalue weighted by Crippen LogP contribution is -2.31. The lowest BCUT2D eigenvalue weighted by Gasteiger charge is -2.21. The molecule has 1 unspecified atom stereocenters. The second-order valence-corrected chi connectivity index (χ2v) is 6.13. The molecule has 5 heteroatoms. The third-order valence-electron chi connectivity index (χ3n) is 2.22. The number of nitrogens with two attached hydrogens (primary N) is 1. The number of hydrogen-bond donors (Lipinski definition) is 2. The quantitative estimate of drug-likeness (QED) is 0.429. The van der Waals surface area contributed by atoms with Crippen LogP contribution < -0.4 is 11.1 Å². The summed E-state index contributed by atoms with van der Waals surface area (Å²) in [6.07, 6.45) is 1.11. The van der Waals surface area contributed by atoms with Crippen LogP contribution in [0.4, 0.5) is 0 Å². The Kier molecular flexibility index (Phi) is 10.6. The summed E-state index contributed by atoms with van der Waals surface area (Å²) >= 11 is 0. The van der Waals surface area contributed by atoms with Crippen molar-refractivity contribution < 1.29 is 8.85 Å². The summed E-state index contributed by atoms with van der Waals surface area (Å²) in [5, 5.41) is 3.29. The van der Waals surface area contributed by atoms with Gasteiger partial charge in [-0.2, -0.15) is 0 Å². The summed E-state index contributed by atoms with van der Waals surface area (Å²) in [6.45, 7) is 10.4. The van der Waals surface area contributed by atoms with Crippen LogP contribution in [0.25, 0.3) is 0 Å². The minimum atomic E-state index is -1.45. The maximum Gasteiger partial charge on any atom is 0.324 e. The van der Waals surface area contributed by atoms with Crippen molar-refractivity contribution in [3.05, 3.63) is 0 Å². The van der Waals surface area contributed by atoms with Gasteiger partial charge in [-0.25, -0.2) is 0 Å². The fraction of sp³-hybridized carbons (Fsp3) is 1.00. The number of rotatable bonds is 10. The summed E-state index contributed by atoms with van der Waals surface area (Å²) in [6, 6.07) is 0. The summed E-state index contributed by atoms with van der Waals surface area (Å²) < 4.78 is 11.3. The summed E-state index contributed by atoms with van der Waals surface area (Å²) in [7, 11) is -1.45. The van der Waals surface area contributed by atoms with Crippen molar-refractivity contribution in [1.82, 2.24) is 5.32 Å². The fourth-order valence-corrected chi connectivity index (χ4v) is 3.25. The highest BCUT2D eigenvalue weighted by Crippen LogP contribution is 2.15. The summed E-state index contributed by atoms with van der Waals surface area (Å²) in [4.78, 5) is 0. The molecule has 0 fully saturated rings. The van der Waals surface area contributed by atoms with E-state index < -0.39 is 9.28 Å². The molecule has 0 aromatic rings. The molecule has 1 atom stereocenters. The largest absolute Gasteiger partial charge is 0.397 e. The normalized spacial score (nSPS) is 13.4. The van der Waals surface area contributed by atoms with E-state index >= 15 is 0 Å². The predicted molar refractivity (Wildman–Crippen MR) is 66.4 cm³/mol. The van der Waals surface area contributed by atoms with Gasteiger partial charge in [-0.1, -0.05) is 6.92 Å². The first kappa shape index (κ1) is 15.1. The van der Waals surface area contributed by atoms with Crippen LogP contribution in [-0.4, -0.2) is 42.1 Å². The van der Waals surface area contributed by atoms with Crippen LogP contribution >= 0.6 is 0 Å². The van der Waals surface area contributed by atoms with Crippen LogP contribution in [0.2, 0.25) is 5.54 Å². The van der Waals surface area contributed by atoms with E-state index in [1.165, 1.54) is 0 Å². The van der Waals surface area contributed by atoms with Gasteiger partial charge in [0.25, 0.3) is 0 Å². The van der Waals surface area contributed by atoms with Gasteiger partial charge in [0.2, 0.25) is 0 Å². The van der Waals surface area contributed by atoms with Crippen LogP contribution in [0, 0.1) is 0 Å². The average molecular weight is 234 g/mol. The molecule has 0 aromatic heterocycles. The molecule has 4 nitrogen and oxygen atoms in total. The molecule has 0 heterocycles. The van der Waals surface area contributed by atoms with Crippen LogP contribution in [0.5, 0.6) is 0 Å². The molecule has 0 aliphatic heterocycles. The molecule has 0 saturated heterocycles. The highest BCUT2D eigenvalue weighted by molar-refractivity contribution is 6.46. The highest BCUT2D eigenvalue weighted by Gasteiger charge is 2.20. The average Bonchev–Trinajstić information content (AvgIpc) is 2.24. The van der Waals surface area contributed by atoms with E-state index in [0.717, 1.165) is 32.7 Å². The summed E-state index contributed by atoms with van der Waals surface area (Å²) in [5.41, 5.74) is 5.95. The maximum atomic E-state index is 5.67. The molecule has 0 aliphatic carbocycles. The summed E-state index contributed by atoms with van der Waals surface area (Å²) in [5.74, 6) is 0. The zero-order valence-corrected chi connectivity index (χ0v) is 11.4. The lowest BCUT2D eigenvalue weighted by atomic mass is 10.3. The zero-order chi connectivity index (χ0) is 11.5. The Hall–Kier alpha value is 0.0569. The minimum Gasteiger partial charge on any atom is -0.397 e. The van der Waals surface area contributed by atoms with E-state index in [4.69, 9.17) is 14.6 Å². The molecule has 0 saturated carbocycles. The van der Waals surface area contributed by atoms with Gasteiger partial charge in [0.05, 0.1) is 0 Å². The monoisotopic (exact) mass is 234 g/mol. The van der Waals surface area contributed by atoms with E-state index in [9.17, 15) is 0 Å². The van der Waals surface area contributed by atoms with Crippen molar-refractivity contribution in [1.29, 1.82) is 0 Å². The van der Waals surface area contributed by atoms with Crippen LogP contribution in [-0.2, 0) is 8.85 Å². The van der Waals surface area contributed by atoms with Gasteiger partial charge >= 0.3 is 9.28 Å². The van der Waals surface area contributed by atoms with Crippen molar-refractivity contribution >= 4 is 9.28 Å². The highest BCUT2D eigenvalue weighted by atomic mass is 28.3. The topological polar surface area (TPSA) is 56.5 Å². The van der Waals surface area contributed by atoms with E-state index in [0.29, 0.717) is 12.1 Å². The first-order chi connectivity index (χ1) is 7.26. The third-order valence-corrected chi connectivity index (χ3v) is 4.81. The SMILES string of the molecule is CCO[SiH](OCC)C(C)CCNCCN. The fourth-order valence-electron chi connectivity index (χ4n) is 1.40. The van der Waals surface area contributed by atoms with E-state index in [1.807, 2.05) is 13.8 Å². The Morgan fingerprint density at radius 3 is 2.27 bits per heavy atom. The molecular formula is C10H26N2O2Si. The predicted octanol–water partition coefficient (Wildman–Crippen LogP) is 0.608. The van der Waals surface area contributed by atoms with E-state index in [-0.39, 0.29) is 0 Å². The van der Waals surface area contributed by atoms with E-state index in [1.54, 1.807) is 0 Å². The molecule has 0 aromatic carbocycles. The number of hydrogen-bond acceptors (Lipinski definition) is 4. The van der Waals surface area contributed by atoms with Gasteiger partial charge in [0.15, 0.2) is 0 Å². The van der Waals surface area contributed by atoms with Gasteiger partial charge in [0.1, 0.15) is 0 Å². The Morgan fingerprint density at radius 1 is 1.20 bits per heavy atom. The Balaban J connectivity index is 3.65. The Morgan fingerprint density at radius 2 is 1.80 bits per heavy atom. The lowest BCUT2D eigenvalue weighted by molar-refractivity contribution is 0.204. The first-order valence-corrected chi connectivity index (χ1v) is 7.51. The van der Waals surface area contributed by atoms with Crippen LogP contribution in [0.1, 0.15) is 27.2 Å². The molecule has 0 radical (unpaired) electrons. The Bertz CT molecular complexity index is 133. The van der Waals surface area contributed by atoms with Crippen molar-refractivity contribution in [3.63, 3.8) is 0 Å². The molecule has 15 heavy (non-hydrogen) atoms. The van der Waals surface area contributed by atoms with Crippen molar-refractivity contribution in [2.75, 3.05) is 32.8 Å². The Labute approximate surface area is 95.4 Å². The molecule has 0 aliphatic rings. The second kappa shape index (κ2) is 10.6. The van der Waals surface area contributed by atoms with Gasteiger partial charge in [-0.15, -0.1) is 0 Å². The first-order valence-electron chi connectivity index (χ1n) is 5.90. The molecule has 0 spiro atoms. The van der Waals surface area contributed by atoms with Gasteiger partial charge < -0.3 is 19.9 Å².